The Hall–Kier alpha value is -2.11. The van der Waals surface area contributed by atoms with Crippen LogP contribution in [0.4, 0.5) is 15.8 Å². The van der Waals surface area contributed by atoms with Gasteiger partial charge in [0, 0.05) is 30.1 Å². The molecular weight excluding hydrogens is 307 g/mol. The van der Waals surface area contributed by atoms with E-state index in [4.69, 9.17) is 16.3 Å². The number of rotatable bonds is 6. The van der Waals surface area contributed by atoms with Crippen molar-refractivity contribution in [2.24, 2.45) is 0 Å². The number of halogens is 2. The third kappa shape index (κ3) is 4.72. The molecule has 0 atom stereocenters. The largest absolute Gasteiger partial charge is 0.381 e. The van der Waals surface area contributed by atoms with E-state index in [1.54, 1.807) is 18.2 Å². The second-order valence-corrected chi connectivity index (χ2v) is 5.06. The number of anilines is 2. The molecule has 0 aliphatic heterocycles. The van der Waals surface area contributed by atoms with Gasteiger partial charge in [0.05, 0.1) is 0 Å². The lowest BCUT2D eigenvalue weighted by atomic mass is 10.2. The molecule has 2 aromatic carbocycles. The molecular formula is C16H16ClFN2O2. The van der Waals surface area contributed by atoms with Gasteiger partial charge < -0.3 is 15.4 Å². The fraction of sp³-hybridized carbons (Fsp3) is 0.188. The van der Waals surface area contributed by atoms with E-state index in [9.17, 15) is 9.18 Å². The Bertz CT molecular complexity index is 647. The van der Waals surface area contributed by atoms with Crippen molar-refractivity contribution >= 4 is 28.9 Å². The minimum Gasteiger partial charge on any atom is -0.381 e. The summed E-state index contributed by atoms with van der Waals surface area (Å²) in [6.45, 7) is 0.498. The van der Waals surface area contributed by atoms with Crippen molar-refractivity contribution in [3.8, 4) is 0 Å². The number of hydrogen-bond acceptors (Lipinski definition) is 3. The second kappa shape index (κ2) is 7.77. The Morgan fingerprint density at radius 1 is 1.18 bits per heavy atom. The predicted molar refractivity (Wildman–Crippen MR) is 85.7 cm³/mol. The lowest BCUT2D eigenvalue weighted by Crippen LogP contribution is -2.16. The van der Waals surface area contributed by atoms with Gasteiger partial charge in [-0.15, -0.1) is 0 Å². The molecule has 22 heavy (non-hydrogen) atoms. The van der Waals surface area contributed by atoms with Gasteiger partial charge >= 0.3 is 0 Å². The Balaban J connectivity index is 1.92. The molecule has 0 saturated carbocycles. The maximum absolute atomic E-state index is 13.0. The van der Waals surface area contributed by atoms with E-state index in [-0.39, 0.29) is 18.3 Å². The van der Waals surface area contributed by atoms with Crippen LogP contribution in [0.3, 0.4) is 0 Å². The van der Waals surface area contributed by atoms with Gasteiger partial charge in [0.15, 0.2) is 0 Å². The number of benzene rings is 2. The highest BCUT2D eigenvalue weighted by Gasteiger charge is 2.03. The van der Waals surface area contributed by atoms with Crippen molar-refractivity contribution in [2.45, 2.75) is 6.54 Å². The van der Waals surface area contributed by atoms with Crippen LogP contribution in [-0.2, 0) is 16.1 Å². The van der Waals surface area contributed by atoms with Gasteiger partial charge in [0.1, 0.15) is 12.4 Å². The van der Waals surface area contributed by atoms with E-state index in [1.165, 1.54) is 19.2 Å². The van der Waals surface area contributed by atoms with Crippen LogP contribution < -0.4 is 10.6 Å². The summed E-state index contributed by atoms with van der Waals surface area (Å²) in [7, 11) is 1.47. The zero-order valence-electron chi connectivity index (χ0n) is 12.0. The summed E-state index contributed by atoms with van der Waals surface area (Å²) in [5, 5.41) is 6.27. The number of carbonyl (C=O) groups is 1. The minimum atomic E-state index is -0.357. The first-order chi connectivity index (χ1) is 10.6. The van der Waals surface area contributed by atoms with Gasteiger partial charge in [-0.25, -0.2) is 4.39 Å². The Morgan fingerprint density at radius 3 is 2.50 bits per heavy atom. The first-order valence-electron chi connectivity index (χ1n) is 6.65. The monoisotopic (exact) mass is 322 g/mol. The van der Waals surface area contributed by atoms with E-state index in [1.807, 2.05) is 12.1 Å². The fourth-order valence-electron chi connectivity index (χ4n) is 1.86. The first-order valence-corrected chi connectivity index (χ1v) is 7.03. The quantitative estimate of drug-likeness (QED) is 0.853. The molecule has 6 heteroatoms. The third-order valence-corrected chi connectivity index (χ3v) is 3.29. The third-order valence-electron chi connectivity index (χ3n) is 2.94. The van der Waals surface area contributed by atoms with Crippen molar-refractivity contribution < 1.29 is 13.9 Å². The Kier molecular flexibility index (Phi) is 5.75. The molecule has 0 aromatic heterocycles. The van der Waals surface area contributed by atoms with Crippen LogP contribution >= 0.6 is 11.6 Å². The van der Waals surface area contributed by atoms with Crippen molar-refractivity contribution in [2.75, 3.05) is 24.4 Å². The van der Waals surface area contributed by atoms with Crippen LogP contribution in [0.1, 0.15) is 5.56 Å². The number of carbonyl (C=O) groups excluding carboxylic acids is 1. The van der Waals surface area contributed by atoms with Crippen molar-refractivity contribution in [3.05, 3.63) is 58.9 Å². The summed E-state index contributed by atoms with van der Waals surface area (Å²) in [4.78, 5) is 11.4. The van der Waals surface area contributed by atoms with Crippen molar-refractivity contribution in [3.63, 3.8) is 0 Å². The average Bonchev–Trinajstić information content (AvgIpc) is 2.48. The Morgan fingerprint density at radius 2 is 1.86 bits per heavy atom. The maximum Gasteiger partial charge on any atom is 0.250 e. The molecule has 0 unspecified atom stereocenters. The molecule has 4 nitrogen and oxygen atoms in total. The zero-order valence-corrected chi connectivity index (χ0v) is 12.8. The highest BCUT2D eigenvalue weighted by molar-refractivity contribution is 6.31. The van der Waals surface area contributed by atoms with Gasteiger partial charge in [0.2, 0.25) is 5.91 Å². The van der Waals surface area contributed by atoms with Crippen LogP contribution in [-0.4, -0.2) is 19.6 Å². The summed E-state index contributed by atoms with van der Waals surface area (Å²) in [6, 6.07) is 11.5. The van der Waals surface area contributed by atoms with Crippen molar-refractivity contribution in [1.29, 1.82) is 0 Å². The van der Waals surface area contributed by atoms with Crippen LogP contribution in [0.15, 0.2) is 42.5 Å². The molecule has 2 aromatic rings. The lowest BCUT2D eigenvalue weighted by molar-refractivity contribution is -0.119. The molecule has 0 bridgehead atoms. The van der Waals surface area contributed by atoms with E-state index >= 15 is 0 Å². The molecule has 0 heterocycles. The minimum absolute atomic E-state index is 0.0169. The van der Waals surface area contributed by atoms with Crippen LogP contribution in [0, 0.1) is 5.82 Å². The van der Waals surface area contributed by atoms with Gasteiger partial charge in [-0.05, 0) is 42.0 Å². The highest BCUT2D eigenvalue weighted by atomic mass is 35.5. The van der Waals surface area contributed by atoms with Crippen molar-refractivity contribution in [1.82, 2.24) is 0 Å². The lowest BCUT2D eigenvalue weighted by Gasteiger charge is -2.10. The summed E-state index contributed by atoms with van der Waals surface area (Å²) in [5.74, 6) is -0.564. The molecule has 1 amide bonds. The summed E-state index contributed by atoms with van der Waals surface area (Å²) in [5.41, 5.74) is 2.36. The summed E-state index contributed by atoms with van der Waals surface area (Å²) >= 11 is 5.97. The second-order valence-electron chi connectivity index (χ2n) is 4.65. The summed E-state index contributed by atoms with van der Waals surface area (Å²) in [6.07, 6.45) is 0. The number of methoxy groups -OCH3 is 1. The topological polar surface area (TPSA) is 50.4 Å². The molecule has 2 N–H and O–H groups in total. The van der Waals surface area contributed by atoms with E-state index < -0.39 is 0 Å². The zero-order chi connectivity index (χ0) is 15.9. The van der Waals surface area contributed by atoms with E-state index in [2.05, 4.69) is 10.6 Å². The summed E-state index contributed by atoms with van der Waals surface area (Å²) < 4.78 is 17.7. The molecule has 0 aliphatic rings. The molecule has 2 rings (SSSR count). The maximum atomic E-state index is 13.0. The van der Waals surface area contributed by atoms with Gasteiger partial charge in [-0.1, -0.05) is 17.7 Å². The van der Waals surface area contributed by atoms with E-state index in [0.29, 0.717) is 17.3 Å². The molecule has 0 radical (unpaired) electrons. The number of nitrogens with one attached hydrogen (secondary N) is 2. The molecule has 0 spiro atoms. The Labute approximate surface area is 133 Å². The number of amides is 1. The number of hydrogen-bond donors (Lipinski definition) is 2. The van der Waals surface area contributed by atoms with Crippen LogP contribution in [0.25, 0.3) is 0 Å². The number of ether oxygens (including phenoxy) is 1. The van der Waals surface area contributed by atoms with Crippen LogP contribution in [0.5, 0.6) is 0 Å². The van der Waals surface area contributed by atoms with Gasteiger partial charge in [0.25, 0.3) is 0 Å². The standard InChI is InChI=1S/C16H16ClFN2O2/c1-22-10-16(21)20-14-6-4-13(5-7-14)19-9-11-2-3-12(18)8-15(11)17/h2-8,19H,9-10H2,1H3,(H,20,21). The van der Waals surface area contributed by atoms with E-state index in [0.717, 1.165) is 11.3 Å². The smallest absolute Gasteiger partial charge is 0.250 e. The first kappa shape index (κ1) is 16.3. The molecule has 0 saturated heterocycles. The predicted octanol–water partition coefficient (Wildman–Crippen LogP) is 3.68. The fourth-order valence-corrected chi connectivity index (χ4v) is 2.10. The SMILES string of the molecule is COCC(=O)Nc1ccc(NCc2ccc(F)cc2Cl)cc1. The average molecular weight is 323 g/mol. The van der Waals surface area contributed by atoms with Gasteiger partial charge in [-0.3, -0.25) is 4.79 Å². The molecule has 116 valence electrons. The van der Waals surface area contributed by atoms with Gasteiger partial charge in [-0.2, -0.15) is 0 Å². The molecule has 0 fully saturated rings. The van der Waals surface area contributed by atoms with Crippen LogP contribution in [0.2, 0.25) is 5.02 Å². The molecule has 0 aliphatic carbocycles. The normalized spacial score (nSPS) is 10.3. The highest BCUT2D eigenvalue weighted by Crippen LogP contribution is 2.19.